The summed E-state index contributed by atoms with van der Waals surface area (Å²) < 4.78 is 32.3. The van der Waals surface area contributed by atoms with Crippen LogP contribution in [-0.4, -0.2) is 56.3 Å². The predicted molar refractivity (Wildman–Crippen MR) is 147 cm³/mol. The molecule has 200 valence electrons. The molecule has 5 rings (SSSR count). The maximum Gasteiger partial charge on any atom is 0.319 e. The summed E-state index contributed by atoms with van der Waals surface area (Å²) in [5, 5.41) is 5.49. The molecule has 3 aromatic rings. The fourth-order valence-corrected chi connectivity index (χ4v) is 7.01. The molecule has 1 saturated heterocycles. The summed E-state index contributed by atoms with van der Waals surface area (Å²) in [5.74, 6) is 1.13. The highest BCUT2D eigenvalue weighted by Crippen LogP contribution is 2.55. The lowest BCUT2D eigenvalue weighted by atomic mass is 10.1. The molecule has 2 unspecified atom stereocenters. The average Bonchev–Trinajstić information content (AvgIpc) is 3.73. The van der Waals surface area contributed by atoms with Gasteiger partial charge < -0.3 is 20.3 Å². The number of morpholine rings is 1. The van der Waals surface area contributed by atoms with E-state index in [0.717, 1.165) is 5.56 Å². The second-order valence-corrected chi connectivity index (χ2v) is 12.2. The number of nitrogens with one attached hydrogen (secondary N) is 2. The van der Waals surface area contributed by atoms with Gasteiger partial charge in [0.2, 0.25) is 0 Å². The highest BCUT2D eigenvalue weighted by atomic mass is 32.2. The number of benzene rings is 2. The smallest absolute Gasteiger partial charge is 0.319 e. The summed E-state index contributed by atoms with van der Waals surface area (Å²) in [5.41, 5.74) is 1.88. The Bertz CT molecular complexity index is 1400. The standard InChI is InChI=1S/C28H33N5O4S/c1-4-29-27(34)30-22-12-10-21(11-13-22)26-31-24(16-25(32-26)33-19(2)17-37-18-20(33)3)28(14-15-28)38(35,36)23-8-6-5-7-9-23/h5-13,16,19-20H,4,14-15,17-18H2,1-3H3,(H2,29,30,34). The number of amides is 2. The van der Waals surface area contributed by atoms with Gasteiger partial charge in [-0.05, 0) is 70.0 Å². The predicted octanol–water partition coefficient (Wildman–Crippen LogP) is 4.36. The van der Waals surface area contributed by atoms with Crippen LogP contribution in [0.2, 0.25) is 0 Å². The fourth-order valence-electron chi connectivity index (χ4n) is 5.02. The number of hydrogen-bond acceptors (Lipinski definition) is 7. The van der Waals surface area contributed by atoms with E-state index in [1.54, 1.807) is 36.4 Å². The summed E-state index contributed by atoms with van der Waals surface area (Å²) in [7, 11) is -3.67. The van der Waals surface area contributed by atoms with Gasteiger partial charge in [0, 0.05) is 23.9 Å². The third kappa shape index (κ3) is 4.86. The Labute approximate surface area is 223 Å². The van der Waals surface area contributed by atoms with Crippen molar-refractivity contribution in [3.63, 3.8) is 0 Å². The van der Waals surface area contributed by atoms with E-state index in [0.29, 0.717) is 60.5 Å². The number of urea groups is 1. The van der Waals surface area contributed by atoms with Gasteiger partial charge in [-0.25, -0.2) is 23.2 Å². The first kappa shape index (κ1) is 26.1. The van der Waals surface area contributed by atoms with Crippen molar-refractivity contribution in [2.45, 2.75) is 55.3 Å². The van der Waals surface area contributed by atoms with E-state index in [4.69, 9.17) is 14.7 Å². The molecule has 38 heavy (non-hydrogen) atoms. The van der Waals surface area contributed by atoms with Crippen LogP contribution in [-0.2, 0) is 19.3 Å². The van der Waals surface area contributed by atoms with Crippen LogP contribution in [0.5, 0.6) is 0 Å². The first-order chi connectivity index (χ1) is 18.2. The topological polar surface area (TPSA) is 114 Å². The molecule has 2 N–H and O–H groups in total. The van der Waals surface area contributed by atoms with Gasteiger partial charge in [-0.15, -0.1) is 0 Å². The quantitative estimate of drug-likeness (QED) is 0.462. The maximum atomic E-state index is 13.8. The van der Waals surface area contributed by atoms with Gasteiger partial charge >= 0.3 is 6.03 Å². The Morgan fingerprint density at radius 2 is 1.68 bits per heavy atom. The number of sulfone groups is 1. The number of nitrogens with zero attached hydrogens (tertiary/aromatic N) is 3. The van der Waals surface area contributed by atoms with Crippen molar-refractivity contribution in [1.82, 2.24) is 15.3 Å². The van der Waals surface area contributed by atoms with Gasteiger partial charge in [0.05, 0.1) is 35.9 Å². The number of rotatable bonds is 7. The van der Waals surface area contributed by atoms with E-state index in [2.05, 4.69) is 29.4 Å². The number of anilines is 2. The van der Waals surface area contributed by atoms with E-state index >= 15 is 0 Å². The van der Waals surface area contributed by atoms with Crippen LogP contribution in [0.15, 0.2) is 65.6 Å². The largest absolute Gasteiger partial charge is 0.377 e. The summed E-state index contributed by atoms with van der Waals surface area (Å²) in [6.07, 6.45) is 1.01. The zero-order valence-corrected chi connectivity index (χ0v) is 22.7. The number of hydrogen-bond donors (Lipinski definition) is 2. The first-order valence-corrected chi connectivity index (χ1v) is 14.4. The van der Waals surface area contributed by atoms with Crippen molar-refractivity contribution in [1.29, 1.82) is 0 Å². The van der Waals surface area contributed by atoms with Gasteiger partial charge in [0.15, 0.2) is 15.7 Å². The van der Waals surface area contributed by atoms with Crippen LogP contribution in [0, 0.1) is 0 Å². The lowest BCUT2D eigenvalue weighted by molar-refractivity contribution is 0.0752. The van der Waals surface area contributed by atoms with Crippen molar-refractivity contribution in [3.05, 3.63) is 66.4 Å². The van der Waals surface area contributed by atoms with Crippen molar-refractivity contribution in [3.8, 4) is 11.4 Å². The zero-order chi connectivity index (χ0) is 26.9. The highest BCUT2D eigenvalue weighted by Gasteiger charge is 2.58. The zero-order valence-electron chi connectivity index (χ0n) is 21.8. The Morgan fingerprint density at radius 3 is 2.29 bits per heavy atom. The average molecular weight is 536 g/mol. The van der Waals surface area contributed by atoms with E-state index in [1.807, 2.05) is 31.2 Å². The molecule has 9 nitrogen and oxygen atoms in total. The monoisotopic (exact) mass is 535 g/mol. The van der Waals surface area contributed by atoms with E-state index in [-0.39, 0.29) is 18.1 Å². The summed E-state index contributed by atoms with van der Waals surface area (Å²) in [6.45, 7) is 7.66. The van der Waals surface area contributed by atoms with Crippen molar-refractivity contribution in [2.75, 3.05) is 30.0 Å². The Balaban J connectivity index is 1.58. The molecule has 1 saturated carbocycles. The van der Waals surface area contributed by atoms with E-state index < -0.39 is 14.6 Å². The number of carbonyl (C=O) groups excluding carboxylic acids is 1. The van der Waals surface area contributed by atoms with Gasteiger partial charge in [0.25, 0.3) is 0 Å². The SMILES string of the molecule is CCNC(=O)Nc1ccc(-c2nc(N3C(C)COCC3C)cc(C3(S(=O)(=O)c4ccccc4)CC3)n2)cc1. The van der Waals surface area contributed by atoms with Crippen molar-refractivity contribution in [2.24, 2.45) is 0 Å². The first-order valence-electron chi connectivity index (χ1n) is 13.0. The second-order valence-electron chi connectivity index (χ2n) is 9.95. The molecule has 2 fully saturated rings. The molecule has 10 heteroatoms. The van der Waals surface area contributed by atoms with E-state index in [9.17, 15) is 13.2 Å². The summed E-state index contributed by atoms with van der Waals surface area (Å²) in [6, 6.07) is 17.5. The van der Waals surface area contributed by atoms with Crippen LogP contribution in [0.3, 0.4) is 0 Å². The molecule has 0 spiro atoms. The molecule has 2 heterocycles. The lowest BCUT2D eigenvalue weighted by Gasteiger charge is -2.40. The van der Waals surface area contributed by atoms with Crippen LogP contribution < -0.4 is 15.5 Å². The normalized spacial score (nSPS) is 20.6. The molecule has 1 aliphatic heterocycles. The van der Waals surface area contributed by atoms with Gasteiger partial charge in [-0.3, -0.25) is 0 Å². The summed E-state index contributed by atoms with van der Waals surface area (Å²) in [4.78, 5) is 24.1. The molecule has 2 aromatic carbocycles. The molecule has 0 radical (unpaired) electrons. The fraction of sp³-hybridized carbons (Fsp3) is 0.393. The van der Waals surface area contributed by atoms with Crippen LogP contribution in [0.25, 0.3) is 11.4 Å². The van der Waals surface area contributed by atoms with Gasteiger partial charge in [0.1, 0.15) is 10.6 Å². The molecule has 0 bridgehead atoms. The molecule has 1 aromatic heterocycles. The maximum absolute atomic E-state index is 13.8. The molecular weight excluding hydrogens is 502 g/mol. The Kier molecular flexibility index (Phi) is 7.11. The molecule has 2 amide bonds. The third-order valence-electron chi connectivity index (χ3n) is 7.12. The molecule has 2 atom stereocenters. The van der Waals surface area contributed by atoms with Crippen molar-refractivity contribution < 1.29 is 17.9 Å². The van der Waals surface area contributed by atoms with Gasteiger partial charge in [-0.1, -0.05) is 18.2 Å². The van der Waals surface area contributed by atoms with E-state index in [1.165, 1.54) is 0 Å². The number of aromatic nitrogens is 2. The molecular formula is C28H33N5O4S. The van der Waals surface area contributed by atoms with Gasteiger partial charge in [-0.2, -0.15) is 0 Å². The molecule has 1 aliphatic carbocycles. The van der Waals surface area contributed by atoms with Crippen LogP contribution in [0.4, 0.5) is 16.3 Å². The Hall–Kier alpha value is -3.50. The summed E-state index contributed by atoms with van der Waals surface area (Å²) >= 11 is 0. The second kappa shape index (κ2) is 10.3. The lowest BCUT2D eigenvalue weighted by Crippen LogP contribution is -2.50. The number of carbonyl (C=O) groups is 1. The third-order valence-corrected chi connectivity index (χ3v) is 9.66. The minimum absolute atomic E-state index is 0.0684. The van der Waals surface area contributed by atoms with Crippen LogP contribution in [0.1, 0.15) is 39.3 Å². The highest BCUT2D eigenvalue weighted by molar-refractivity contribution is 7.92. The Morgan fingerprint density at radius 1 is 1.03 bits per heavy atom. The number of ether oxygens (including phenoxy) is 1. The van der Waals surface area contributed by atoms with Crippen LogP contribution >= 0.6 is 0 Å². The van der Waals surface area contributed by atoms with Crippen molar-refractivity contribution >= 4 is 27.4 Å². The minimum Gasteiger partial charge on any atom is -0.377 e. The molecule has 2 aliphatic rings. The minimum atomic E-state index is -3.67.